The Morgan fingerprint density at radius 3 is 2.77 bits per heavy atom. The van der Waals surface area contributed by atoms with Crippen LogP contribution in [0.2, 0.25) is 0 Å². The van der Waals surface area contributed by atoms with E-state index in [1.807, 2.05) is 49.4 Å². The number of amides is 2. The molecule has 2 aliphatic heterocycles. The van der Waals surface area contributed by atoms with Crippen LogP contribution in [0.15, 0.2) is 48.5 Å². The number of ether oxygens (including phenoxy) is 1. The number of fused-ring (bicyclic) bond motifs is 4. The molecule has 1 N–H and O–H groups in total. The van der Waals surface area contributed by atoms with Crippen LogP contribution in [0.25, 0.3) is 10.9 Å². The minimum absolute atomic E-state index is 0.00910. The summed E-state index contributed by atoms with van der Waals surface area (Å²) >= 11 is 0. The molecule has 3 aromatic rings. The third-order valence-corrected chi connectivity index (χ3v) is 6.25. The Hall–Kier alpha value is -3.28. The fourth-order valence-electron chi connectivity index (χ4n) is 4.94. The predicted octanol–water partition coefficient (Wildman–Crippen LogP) is 3.27. The molecule has 1 saturated heterocycles. The van der Waals surface area contributed by atoms with Crippen LogP contribution < -0.4 is 4.74 Å². The molecule has 0 bridgehead atoms. The first-order chi connectivity index (χ1) is 14.6. The van der Waals surface area contributed by atoms with E-state index in [4.69, 9.17) is 4.74 Å². The Bertz CT molecular complexity index is 1140. The minimum Gasteiger partial charge on any atom is -0.497 e. The van der Waals surface area contributed by atoms with Crippen molar-refractivity contribution >= 4 is 22.7 Å². The monoisotopic (exact) mass is 403 g/mol. The zero-order valence-corrected chi connectivity index (χ0v) is 17.2. The fraction of sp³-hybridized carbons (Fsp3) is 0.333. The first-order valence-electron chi connectivity index (χ1n) is 10.5. The van der Waals surface area contributed by atoms with Gasteiger partial charge in [-0.05, 0) is 35.7 Å². The summed E-state index contributed by atoms with van der Waals surface area (Å²) in [4.78, 5) is 33.7. The van der Waals surface area contributed by atoms with Crippen LogP contribution in [0, 0.1) is 0 Å². The van der Waals surface area contributed by atoms with Gasteiger partial charge in [0.15, 0.2) is 0 Å². The van der Waals surface area contributed by atoms with E-state index in [1.165, 1.54) is 0 Å². The Morgan fingerprint density at radius 2 is 1.97 bits per heavy atom. The summed E-state index contributed by atoms with van der Waals surface area (Å²) in [6.07, 6.45) is 1.37. The molecule has 2 atom stereocenters. The summed E-state index contributed by atoms with van der Waals surface area (Å²) in [6, 6.07) is 15.1. The van der Waals surface area contributed by atoms with Gasteiger partial charge in [-0.3, -0.25) is 9.59 Å². The average molecular weight is 403 g/mol. The quantitative estimate of drug-likeness (QED) is 0.727. The Kier molecular flexibility index (Phi) is 4.50. The highest BCUT2D eigenvalue weighted by molar-refractivity contribution is 5.97. The predicted molar refractivity (Wildman–Crippen MR) is 114 cm³/mol. The van der Waals surface area contributed by atoms with Gasteiger partial charge in [0.25, 0.3) is 0 Å². The number of nitrogens with zero attached hydrogens (tertiary/aromatic N) is 2. The average Bonchev–Trinajstić information content (AvgIpc) is 3.14. The van der Waals surface area contributed by atoms with Gasteiger partial charge in [0.1, 0.15) is 11.8 Å². The molecule has 2 aromatic carbocycles. The number of H-pyrrole nitrogens is 1. The van der Waals surface area contributed by atoms with Gasteiger partial charge in [0.2, 0.25) is 11.8 Å². The van der Waals surface area contributed by atoms with Crippen molar-refractivity contribution in [2.75, 3.05) is 20.2 Å². The fourth-order valence-corrected chi connectivity index (χ4v) is 4.94. The number of hydrogen-bond acceptors (Lipinski definition) is 3. The van der Waals surface area contributed by atoms with Crippen molar-refractivity contribution in [2.24, 2.45) is 0 Å². The maximum atomic E-state index is 13.4. The van der Waals surface area contributed by atoms with Gasteiger partial charge in [-0.1, -0.05) is 37.3 Å². The van der Waals surface area contributed by atoms with Crippen LogP contribution in [0.5, 0.6) is 5.75 Å². The van der Waals surface area contributed by atoms with Crippen LogP contribution in [0.1, 0.15) is 36.2 Å². The minimum atomic E-state index is -0.485. The molecule has 5 rings (SSSR count). The van der Waals surface area contributed by atoms with Crippen molar-refractivity contribution in [3.63, 3.8) is 0 Å². The van der Waals surface area contributed by atoms with Gasteiger partial charge in [0.05, 0.1) is 19.7 Å². The topological polar surface area (TPSA) is 65.6 Å². The third-order valence-electron chi connectivity index (χ3n) is 6.25. The number of benzene rings is 2. The molecule has 0 spiro atoms. The van der Waals surface area contributed by atoms with Gasteiger partial charge >= 0.3 is 0 Å². The number of aromatic nitrogens is 1. The smallest absolute Gasteiger partial charge is 0.246 e. The first-order valence-corrected chi connectivity index (χ1v) is 10.5. The normalized spacial score (nSPS) is 21.0. The Balaban J connectivity index is 1.71. The number of nitrogens with one attached hydrogen (secondary N) is 1. The van der Waals surface area contributed by atoms with Gasteiger partial charge in [0, 0.05) is 29.6 Å². The molecule has 2 aliphatic rings. The zero-order chi connectivity index (χ0) is 20.8. The van der Waals surface area contributed by atoms with Crippen LogP contribution in [-0.4, -0.2) is 52.8 Å². The molecule has 154 valence electrons. The van der Waals surface area contributed by atoms with Crippen LogP contribution >= 0.6 is 0 Å². The number of aromatic amines is 1. The lowest BCUT2D eigenvalue weighted by Gasteiger charge is -2.47. The summed E-state index contributed by atoms with van der Waals surface area (Å²) in [5, 5.41) is 1.12. The number of carbonyl (C=O) groups is 2. The highest BCUT2D eigenvalue weighted by Crippen LogP contribution is 2.43. The van der Waals surface area contributed by atoms with E-state index >= 15 is 0 Å². The SMILES string of the molecule is CCCN1CC(=O)N2C(c3cccc(OC)c3)c3[nH]c4ccccc4c3C[C@H]2C1=O. The van der Waals surface area contributed by atoms with Crippen molar-refractivity contribution in [1.82, 2.24) is 14.8 Å². The van der Waals surface area contributed by atoms with E-state index in [1.54, 1.807) is 16.9 Å². The van der Waals surface area contributed by atoms with E-state index in [0.717, 1.165) is 39.9 Å². The molecule has 2 amide bonds. The molecule has 0 radical (unpaired) electrons. The zero-order valence-electron chi connectivity index (χ0n) is 17.2. The molecule has 3 heterocycles. The largest absolute Gasteiger partial charge is 0.497 e. The molecular weight excluding hydrogens is 378 g/mol. The molecule has 0 saturated carbocycles. The number of methoxy groups -OCH3 is 1. The highest BCUT2D eigenvalue weighted by atomic mass is 16.5. The van der Waals surface area contributed by atoms with E-state index in [9.17, 15) is 9.59 Å². The van der Waals surface area contributed by atoms with Crippen molar-refractivity contribution in [1.29, 1.82) is 0 Å². The van der Waals surface area contributed by atoms with Crippen molar-refractivity contribution in [3.05, 3.63) is 65.4 Å². The summed E-state index contributed by atoms with van der Waals surface area (Å²) in [5.74, 6) is 0.765. The van der Waals surface area contributed by atoms with Crippen LogP contribution in [0.3, 0.4) is 0 Å². The summed E-state index contributed by atoms with van der Waals surface area (Å²) in [5.41, 5.74) is 4.09. The lowest BCUT2D eigenvalue weighted by molar-refractivity contribution is -0.158. The van der Waals surface area contributed by atoms with Gasteiger partial charge in [-0.25, -0.2) is 0 Å². The Labute approximate surface area is 175 Å². The second-order valence-electron chi connectivity index (χ2n) is 8.02. The molecular formula is C24H25N3O3. The molecule has 6 heteroatoms. The molecule has 1 fully saturated rings. The Morgan fingerprint density at radius 1 is 1.13 bits per heavy atom. The summed E-state index contributed by atoms with van der Waals surface area (Å²) < 4.78 is 5.44. The summed E-state index contributed by atoms with van der Waals surface area (Å²) in [6.45, 7) is 2.78. The van der Waals surface area contributed by atoms with Gasteiger partial charge in [-0.15, -0.1) is 0 Å². The molecule has 1 unspecified atom stereocenters. The summed E-state index contributed by atoms with van der Waals surface area (Å²) in [7, 11) is 1.63. The van der Waals surface area contributed by atoms with E-state index in [2.05, 4.69) is 11.1 Å². The molecule has 6 nitrogen and oxygen atoms in total. The standard InChI is InChI=1S/C24H25N3O3/c1-3-11-26-14-21(28)27-20(24(26)29)13-18-17-9-4-5-10-19(17)25-22(18)23(27)15-7-6-8-16(12-15)30-2/h4-10,12,20,23,25H,3,11,13-14H2,1-2H3/t20-,23?/m0/s1. The second kappa shape index (κ2) is 7.20. The van der Waals surface area contributed by atoms with Gasteiger partial charge < -0.3 is 19.5 Å². The molecule has 0 aliphatic carbocycles. The van der Waals surface area contributed by atoms with Gasteiger partial charge in [-0.2, -0.15) is 0 Å². The highest BCUT2D eigenvalue weighted by Gasteiger charge is 2.48. The number of piperazine rings is 1. The van der Waals surface area contributed by atoms with E-state index in [-0.39, 0.29) is 24.4 Å². The van der Waals surface area contributed by atoms with E-state index in [0.29, 0.717) is 13.0 Å². The first kappa shape index (κ1) is 18.7. The van der Waals surface area contributed by atoms with Crippen molar-refractivity contribution in [2.45, 2.75) is 31.8 Å². The molecule has 30 heavy (non-hydrogen) atoms. The number of hydrogen-bond donors (Lipinski definition) is 1. The number of para-hydroxylation sites is 1. The maximum absolute atomic E-state index is 13.4. The molecule has 1 aromatic heterocycles. The number of rotatable bonds is 4. The van der Waals surface area contributed by atoms with Crippen LogP contribution in [-0.2, 0) is 16.0 Å². The lowest BCUT2D eigenvalue weighted by atomic mass is 9.86. The lowest BCUT2D eigenvalue weighted by Crippen LogP contribution is -2.63. The van der Waals surface area contributed by atoms with Crippen LogP contribution in [0.4, 0.5) is 0 Å². The third kappa shape index (κ3) is 2.78. The number of carbonyl (C=O) groups excluding carboxylic acids is 2. The maximum Gasteiger partial charge on any atom is 0.246 e. The van der Waals surface area contributed by atoms with Crippen molar-refractivity contribution < 1.29 is 14.3 Å². The second-order valence-corrected chi connectivity index (χ2v) is 8.02. The van der Waals surface area contributed by atoms with Crippen molar-refractivity contribution in [3.8, 4) is 5.75 Å². The van der Waals surface area contributed by atoms with E-state index < -0.39 is 6.04 Å².